The van der Waals surface area contributed by atoms with E-state index in [4.69, 9.17) is 9.47 Å². The molecule has 0 aromatic carbocycles. The van der Waals surface area contributed by atoms with Gasteiger partial charge in [0.15, 0.2) is 0 Å². The van der Waals surface area contributed by atoms with E-state index in [2.05, 4.69) is 6.92 Å². The lowest BCUT2D eigenvalue weighted by Gasteiger charge is -2.32. The molecule has 2 saturated carbocycles. The van der Waals surface area contributed by atoms with Crippen LogP contribution in [0, 0.1) is 23.7 Å². The third-order valence-corrected chi connectivity index (χ3v) is 6.81. The largest absolute Gasteiger partial charge is 0.379 e. The highest BCUT2D eigenvalue weighted by Gasteiger charge is 2.24. The first-order chi connectivity index (χ1) is 12.3. The topological polar surface area (TPSA) is 18.5 Å². The van der Waals surface area contributed by atoms with Crippen LogP contribution in [-0.4, -0.2) is 26.4 Å². The van der Waals surface area contributed by atoms with Crippen molar-refractivity contribution in [2.24, 2.45) is 23.7 Å². The smallest absolute Gasteiger partial charge is 0.0700 e. The van der Waals surface area contributed by atoms with E-state index in [0.29, 0.717) is 0 Å². The van der Waals surface area contributed by atoms with E-state index < -0.39 is 0 Å². The minimum Gasteiger partial charge on any atom is -0.379 e. The molecule has 2 fully saturated rings. The number of rotatable bonds is 12. The maximum Gasteiger partial charge on any atom is 0.0700 e. The van der Waals surface area contributed by atoms with Gasteiger partial charge in [-0.25, -0.2) is 0 Å². The Labute approximate surface area is 157 Å². The lowest BCUT2D eigenvalue weighted by molar-refractivity contribution is 0.0278. The molecule has 0 N–H and O–H groups in total. The third-order valence-electron chi connectivity index (χ3n) is 6.81. The Kier molecular flexibility index (Phi) is 11.2. The number of unbranched alkanes of at least 4 members (excludes halogenated alkanes) is 1. The van der Waals surface area contributed by atoms with Gasteiger partial charge in [-0.2, -0.15) is 0 Å². The highest BCUT2D eigenvalue weighted by molar-refractivity contribution is 4.76. The first-order valence-electron chi connectivity index (χ1n) is 11.5. The van der Waals surface area contributed by atoms with Crippen LogP contribution in [0.4, 0.5) is 0 Å². The highest BCUT2D eigenvalue weighted by Crippen LogP contribution is 2.37. The molecule has 0 unspecified atom stereocenters. The molecular formula is C23H44O2. The van der Waals surface area contributed by atoms with Crippen molar-refractivity contribution in [3.63, 3.8) is 0 Å². The molecule has 2 rings (SSSR count). The van der Waals surface area contributed by atoms with Crippen LogP contribution in [0.5, 0.6) is 0 Å². The zero-order valence-corrected chi connectivity index (χ0v) is 17.1. The van der Waals surface area contributed by atoms with Gasteiger partial charge < -0.3 is 9.47 Å². The predicted octanol–water partition coefficient (Wildman–Crippen LogP) is 6.62. The lowest BCUT2D eigenvalue weighted by Crippen LogP contribution is -2.21. The van der Waals surface area contributed by atoms with Crippen LogP contribution >= 0.6 is 0 Å². The van der Waals surface area contributed by atoms with Gasteiger partial charge in [0.1, 0.15) is 0 Å². The average molecular weight is 353 g/mol. The second-order valence-electron chi connectivity index (χ2n) is 8.76. The van der Waals surface area contributed by atoms with Crippen LogP contribution < -0.4 is 0 Å². The molecule has 2 nitrogen and oxygen atoms in total. The minimum absolute atomic E-state index is 0.756. The highest BCUT2D eigenvalue weighted by atomic mass is 16.5. The zero-order chi connectivity index (χ0) is 17.7. The molecule has 0 aromatic heterocycles. The minimum atomic E-state index is 0.756. The monoisotopic (exact) mass is 352 g/mol. The fraction of sp³-hybridized carbons (Fsp3) is 1.00. The van der Waals surface area contributed by atoms with Crippen molar-refractivity contribution < 1.29 is 9.47 Å². The summed E-state index contributed by atoms with van der Waals surface area (Å²) in [7, 11) is 0. The molecule has 0 bridgehead atoms. The number of hydrogen-bond donors (Lipinski definition) is 0. The van der Waals surface area contributed by atoms with Gasteiger partial charge in [0, 0.05) is 13.2 Å². The van der Waals surface area contributed by atoms with Crippen LogP contribution in [0.3, 0.4) is 0 Å². The van der Waals surface area contributed by atoms with Crippen molar-refractivity contribution >= 4 is 0 Å². The van der Waals surface area contributed by atoms with E-state index in [-0.39, 0.29) is 0 Å². The molecule has 2 aliphatic rings. The van der Waals surface area contributed by atoms with Crippen molar-refractivity contribution in [1.82, 2.24) is 0 Å². The Morgan fingerprint density at radius 1 is 0.600 bits per heavy atom. The molecule has 0 amide bonds. The molecular weight excluding hydrogens is 308 g/mol. The van der Waals surface area contributed by atoms with Gasteiger partial charge in [0.2, 0.25) is 0 Å². The van der Waals surface area contributed by atoms with Gasteiger partial charge >= 0.3 is 0 Å². The Bertz CT molecular complexity index is 301. The van der Waals surface area contributed by atoms with Crippen molar-refractivity contribution in [1.29, 1.82) is 0 Å². The Hall–Kier alpha value is -0.0800. The van der Waals surface area contributed by atoms with Gasteiger partial charge in [0.05, 0.1) is 13.2 Å². The van der Waals surface area contributed by atoms with Crippen LogP contribution in [0.1, 0.15) is 97.3 Å². The second-order valence-corrected chi connectivity index (χ2v) is 8.76. The van der Waals surface area contributed by atoms with Crippen molar-refractivity contribution in [2.75, 3.05) is 26.4 Å². The summed E-state index contributed by atoms with van der Waals surface area (Å²) in [4.78, 5) is 0. The molecule has 0 saturated heterocycles. The van der Waals surface area contributed by atoms with Gasteiger partial charge in [0.25, 0.3) is 0 Å². The summed E-state index contributed by atoms with van der Waals surface area (Å²) in [6.07, 6.45) is 19.1. The Balaban J connectivity index is 1.47. The number of hydrogen-bond acceptors (Lipinski definition) is 2. The van der Waals surface area contributed by atoms with Gasteiger partial charge in [-0.1, -0.05) is 77.6 Å². The second kappa shape index (κ2) is 13.1. The predicted molar refractivity (Wildman–Crippen MR) is 107 cm³/mol. The van der Waals surface area contributed by atoms with E-state index >= 15 is 0 Å². The zero-order valence-electron chi connectivity index (χ0n) is 17.1. The average Bonchev–Trinajstić information content (AvgIpc) is 2.66. The van der Waals surface area contributed by atoms with Crippen molar-refractivity contribution in [3.05, 3.63) is 0 Å². The van der Waals surface area contributed by atoms with Crippen LogP contribution in [-0.2, 0) is 9.47 Å². The van der Waals surface area contributed by atoms with E-state index in [1.54, 1.807) is 0 Å². The Morgan fingerprint density at radius 2 is 1.08 bits per heavy atom. The summed E-state index contributed by atoms with van der Waals surface area (Å²) in [6.45, 7) is 7.66. The molecule has 0 aliphatic heterocycles. The van der Waals surface area contributed by atoms with E-state index in [9.17, 15) is 0 Å². The summed E-state index contributed by atoms with van der Waals surface area (Å²) < 4.78 is 11.1. The molecule has 0 heterocycles. The fourth-order valence-corrected chi connectivity index (χ4v) is 4.97. The molecule has 0 spiro atoms. The molecule has 2 heteroatoms. The molecule has 0 aromatic rings. The molecule has 0 atom stereocenters. The van der Waals surface area contributed by atoms with Crippen LogP contribution in [0.15, 0.2) is 0 Å². The third kappa shape index (κ3) is 8.91. The van der Waals surface area contributed by atoms with Crippen molar-refractivity contribution in [3.8, 4) is 0 Å². The van der Waals surface area contributed by atoms with E-state index in [1.807, 2.05) is 6.92 Å². The summed E-state index contributed by atoms with van der Waals surface area (Å²) in [5.74, 6) is 3.94. The van der Waals surface area contributed by atoms with E-state index in [0.717, 1.165) is 50.1 Å². The maximum absolute atomic E-state index is 5.78. The first-order valence-corrected chi connectivity index (χ1v) is 11.5. The Morgan fingerprint density at radius 3 is 1.60 bits per heavy atom. The standard InChI is InChI=1S/C23H44O2/c1-3-5-6-20-7-9-21(10-8-20)11-12-22-13-15-23(16-14-22)19-25-18-17-24-4-2/h20-23H,3-19H2,1-2H3/t20-,21-,22-,23-. The van der Waals surface area contributed by atoms with Gasteiger partial charge in [-0.05, 0) is 43.4 Å². The summed E-state index contributed by atoms with van der Waals surface area (Å²) in [5.41, 5.74) is 0. The van der Waals surface area contributed by atoms with E-state index in [1.165, 1.54) is 83.5 Å². The van der Waals surface area contributed by atoms with Gasteiger partial charge in [-0.15, -0.1) is 0 Å². The molecule has 148 valence electrons. The summed E-state index contributed by atoms with van der Waals surface area (Å²) >= 11 is 0. The summed E-state index contributed by atoms with van der Waals surface area (Å²) in [5, 5.41) is 0. The van der Waals surface area contributed by atoms with Crippen LogP contribution in [0.25, 0.3) is 0 Å². The lowest BCUT2D eigenvalue weighted by atomic mass is 9.75. The number of ether oxygens (including phenoxy) is 2. The summed E-state index contributed by atoms with van der Waals surface area (Å²) in [6, 6.07) is 0. The fourth-order valence-electron chi connectivity index (χ4n) is 4.97. The molecule has 25 heavy (non-hydrogen) atoms. The SMILES string of the molecule is CCCC[C@H]1CC[C@H](CC[C@H]2CC[C@H](COCCOCC)CC2)CC1. The molecule has 0 radical (unpaired) electrons. The van der Waals surface area contributed by atoms with Gasteiger partial charge in [-0.3, -0.25) is 0 Å². The van der Waals surface area contributed by atoms with Crippen LogP contribution in [0.2, 0.25) is 0 Å². The first kappa shape index (κ1) is 21.2. The maximum atomic E-state index is 5.78. The molecule has 2 aliphatic carbocycles. The van der Waals surface area contributed by atoms with Crippen molar-refractivity contribution in [2.45, 2.75) is 97.3 Å². The normalized spacial score (nSPS) is 30.5. The quantitative estimate of drug-likeness (QED) is 0.367.